The Morgan fingerprint density at radius 1 is 0.981 bits per heavy atom. The zero-order chi connectivity index (χ0) is 37.0. The molecule has 14 heteroatoms. The summed E-state index contributed by atoms with van der Waals surface area (Å²) in [5, 5.41) is 20.5. The van der Waals surface area contributed by atoms with Crippen molar-refractivity contribution in [2.75, 3.05) is 20.1 Å². The summed E-state index contributed by atoms with van der Waals surface area (Å²) >= 11 is 0. The lowest BCUT2D eigenvalue weighted by Crippen LogP contribution is -2.57. The average molecular weight is 718 g/mol. The number of aliphatic hydroxyl groups excluding tert-OH is 1. The predicted octanol–water partition coefficient (Wildman–Crippen LogP) is 3.23. The number of nitrogens with zero attached hydrogens (tertiary/aromatic N) is 5. The van der Waals surface area contributed by atoms with Gasteiger partial charge >= 0.3 is 0 Å². The highest BCUT2D eigenvalue weighted by Crippen LogP contribution is 2.25. The quantitative estimate of drug-likeness (QED) is 0.363. The predicted molar refractivity (Wildman–Crippen MR) is 191 cm³/mol. The minimum absolute atomic E-state index is 0.0105. The van der Waals surface area contributed by atoms with E-state index in [1.165, 1.54) is 9.80 Å². The van der Waals surface area contributed by atoms with Crippen LogP contribution in [0.1, 0.15) is 92.9 Å². The number of hydrogen-bond acceptors (Lipinski definition) is 10. The van der Waals surface area contributed by atoms with Crippen molar-refractivity contribution in [1.82, 2.24) is 35.6 Å². The highest BCUT2D eigenvalue weighted by Gasteiger charge is 2.41. The number of amides is 4. The second-order valence-corrected chi connectivity index (χ2v) is 14.1. The van der Waals surface area contributed by atoms with E-state index in [2.05, 4.69) is 25.8 Å². The summed E-state index contributed by atoms with van der Waals surface area (Å²) in [6.45, 7) is 4.30. The van der Waals surface area contributed by atoms with Crippen LogP contribution in [0.5, 0.6) is 5.75 Å². The maximum atomic E-state index is 14.2. The number of nitrogens with one attached hydrogen (secondary N) is 2. The van der Waals surface area contributed by atoms with Crippen molar-refractivity contribution in [2.24, 2.45) is 5.92 Å². The SMILES string of the molecule is CC(C)C[C@H]1NC(=O)c2ccccc2OCc2noc(n2)CCCCCC[C@@H](O)CNC(=O)[C@H](Cc2cccnc2)N(C)C(=O)[C@H]2CCCN2C1=O. The number of para-hydroxylation sites is 1. The second-order valence-electron chi connectivity index (χ2n) is 14.1. The van der Waals surface area contributed by atoms with E-state index >= 15 is 0 Å². The van der Waals surface area contributed by atoms with Crippen LogP contribution >= 0.6 is 0 Å². The first kappa shape index (κ1) is 38.4. The molecule has 1 aromatic carbocycles. The van der Waals surface area contributed by atoms with Crippen LogP contribution in [0.3, 0.4) is 0 Å². The van der Waals surface area contributed by atoms with E-state index < -0.39 is 36.0 Å². The lowest BCUT2D eigenvalue weighted by atomic mass is 10.0. The largest absolute Gasteiger partial charge is 0.485 e. The van der Waals surface area contributed by atoms with Gasteiger partial charge in [0.05, 0.1) is 11.7 Å². The molecule has 3 N–H and O–H groups in total. The first-order chi connectivity index (χ1) is 25.1. The Kier molecular flexibility index (Phi) is 13.7. The number of aliphatic hydroxyl groups is 1. The van der Waals surface area contributed by atoms with Crippen molar-refractivity contribution in [1.29, 1.82) is 0 Å². The summed E-state index contributed by atoms with van der Waals surface area (Å²) in [6.07, 6.45) is 8.59. The number of β-amino-alcohol motifs (C(OH)–C–C–N with tert-alkyl or cyclic N) is 1. The number of benzene rings is 1. The third kappa shape index (κ3) is 10.4. The second kappa shape index (κ2) is 18.6. The van der Waals surface area contributed by atoms with Crippen LogP contribution in [0.25, 0.3) is 0 Å². The van der Waals surface area contributed by atoms with E-state index in [0.717, 1.165) is 31.2 Å². The van der Waals surface area contributed by atoms with Crippen molar-refractivity contribution in [3.8, 4) is 5.75 Å². The smallest absolute Gasteiger partial charge is 0.255 e. The molecule has 4 heterocycles. The number of carbonyl (C=O) groups is 4. The Morgan fingerprint density at radius 3 is 2.58 bits per heavy atom. The molecule has 280 valence electrons. The Bertz CT molecular complexity index is 1650. The molecule has 14 nitrogen and oxygen atoms in total. The van der Waals surface area contributed by atoms with E-state index in [4.69, 9.17) is 9.26 Å². The Hall–Kier alpha value is -4.85. The summed E-state index contributed by atoms with van der Waals surface area (Å²) < 4.78 is 11.4. The van der Waals surface area contributed by atoms with Crippen molar-refractivity contribution in [3.05, 3.63) is 71.6 Å². The number of aromatic nitrogens is 3. The molecule has 4 amide bonds. The van der Waals surface area contributed by atoms with Gasteiger partial charge < -0.3 is 34.8 Å². The van der Waals surface area contributed by atoms with E-state index in [-0.39, 0.29) is 42.9 Å². The molecule has 1 fully saturated rings. The summed E-state index contributed by atoms with van der Waals surface area (Å²) in [5.74, 6) is -0.414. The lowest BCUT2D eigenvalue weighted by Gasteiger charge is -2.34. The highest BCUT2D eigenvalue weighted by atomic mass is 16.5. The van der Waals surface area contributed by atoms with Gasteiger partial charge in [0.2, 0.25) is 29.4 Å². The van der Waals surface area contributed by atoms with Gasteiger partial charge in [-0.2, -0.15) is 4.98 Å². The fourth-order valence-corrected chi connectivity index (χ4v) is 6.77. The van der Waals surface area contributed by atoms with Gasteiger partial charge in [-0.1, -0.05) is 56.5 Å². The molecule has 3 aromatic rings. The molecule has 1 saturated heterocycles. The Balaban J connectivity index is 1.41. The number of hydrogen-bond donors (Lipinski definition) is 3. The van der Waals surface area contributed by atoms with Crippen molar-refractivity contribution in [3.63, 3.8) is 0 Å². The monoisotopic (exact) mass is 717 g/mol. The molecule has 2 aromatic heterocycles. The molecule has 5 rings (SSSR count). The van der Waals surface area contributed by atoms with E-state index in [1.807, 2.05) is 19.9 Å². The van der Waals surface area contributed by atoms with E-state index in [9.17, 15) is 24.3 Å². The summed E-state index contributed by atoms with van der Waals surface area (Å²) in [5.41, 5.74) is 1.01. The number of rotatable bonds is 4. The standard InChI is InChI=1S/C38H51N7O7/c1-25(2)20-29-37(49)45-19-11-15-30(45)38(50)44(3)31(21-26-12-10-18-39-22-26)36(48)40-23-27(46)13-6-4-5-7-17-34-42-33(43-52-34)24-51-32-16-9-8-14-28(32)35(47)41-29/h8-10,12,14,16,18,22,25,27,29-31,46H,4-7,11,13,15,17,19-21,23-24H2,1-3H3,(H,40,48)(H,41,47)/t27-,29-,30-,31+/m1/s1. The van der Waals surface area contributed by atoms with Crippen LogP contribution in [0, 0.1) is 5.92 Å². The number of pyridine rings is 1. The molecule has 2 aliphatic rings. The molecule has 2 aliphatic heterocycles. The van der Waals surface area contributed by atoms with Gasteiger partial charge in [-0.15, -0.1) is 0 Å². The van der Waals surface area contributed by atoms with Crippen LogP contribution in [0.15, 0.2) is 53.3 Å². The zero-order valence-electron chi connectivity index (χ0n) is 30.3. The molecule has 0 spiro atoms. The van der Waals surface area contributed by atoms with Crippen molar-refractivity contribution >= 4 is 23.6 Å². The summed E-state index contributed by atoms with van der Waals surface area (Å²) in [6, 6.07) is 7.75. The Labute approximate surface area is 304 Å². The fraction of sp³-hybridized carbons (Fsp3) is 0.553. The van der Waals surface area contributed by atoms with Gasteiger partial charge in [-0.25, -0.2) is 0 Å². The van der Waals surface area contributed by atoms with Crippen LogP contribution < -0.4 is 15.4 Å². The summed E-state index contributed by atoms with van der Waals surface area (Å²) in [7, 11) is 1.58. The fourth-order valence-electron chi connectivity index (χ4n) is 6.77. The van der Waals surface area contributed by atoms with Crippen LogP contribution in [-0.4, -0.2) is 98.0 Å². The topological polar surface area (TPSA) is 180 Å². The van der Waals surface area contributed by atoms with Crippen molar-refractivity contribution in [2.45, 2.75) is 109 Å². The van der Waals surface area contributed by atoms with Crippen LogP contribution in [-0.2, 0) is 33.8 Å². The summed E-state index contributed by atoms with van der Waals surface area (Å²) in [4.78, 5) is 67.5. The lowest BCUT2D eigenvalue weighted by molar-refractivity contribution is -0.147. The first-order valence-corrected chi connectivity index (χ1v) is 18.4. The number of ether oxygens (including phenoxy) is 1. The first-order valence-electron chi connectivity index (χ1n) is 18.4. The molecular weight excluding hydrogens is 666 g/mol. The molecular formula is C38H51N7O7. The van der Waals surface area contributed by atoms with Gasteiger partial charge in [0.1, 0.15) is 23.9 Å². The van der Waals surface area contributed by atoms with E-state index in [1.54, 1.807) is 49.8 Å². The number of fused-ring (bicyclic) bond motifs is 4. The van der Waals surface area contributed by atoms with Gasteiger partial charge in [-0.05, 0) is 61.8 Å². The third-order valence-corrected chi connectivity index (χ3v) is 9.59. The Morgan fingerprint density at radius 2 is 1.79 bits per heavy atom. The molecule has 0 unspecified atom stereocenters. The van der Waals surface area contributed by atoms with Gasteiger partial charge in [0.15, 0.2) is 6.61 Å². The zero-order valence-corrected chi connectivity index (χ0v) is 30.3. The molecule has 2 bridgehead atoms. The molecule has 0 saturated carbocycles. The normalized spacial score (nSPS) is 23.4. The number of aryl methyl sites for hydroxylation is 1. The van der Waals surface area contributed by atoms with Crippen LogP contribution in [0.2, 0.25) is 0 Å². The minimum atomic E-state index is -0.909. The van der Waals surface area contributed by atoms with Gasteiger partial charge in [0.25, 0.3) is 5.91 Å². The third-order valence-electron chi connectivity index (χ3n) is 9.59. The number of likely N-dealkylation sites (N-methyl/N-ethyl adjacent to an activating group) is 1. The van der Waals surface area contributed by atoms with E-state index in [0.29, 0.717) is 56.1 Å². The van der Waals surface area contributed by atoms with Gasteiger partial charge in [0, 0.05) is 45.4 Å². The molecule has 0 aliphatic carbocycles. The maximum absolute atomic E-state index is 14.2. The minimum Gasteiger partial charge on any atom is -0.485 e. The van der Waals surface area contributed by atoms with Gasteiger partial charge in [-0.3, -0.25) is 24.2 Å². The van der Waals surface area contributed by atoms with Crippen molar-refractivity contribution < 1.29 is 33.5 Å². The average Bonchev–Trinajstić information content (AvgIpc) is 3.82. The van der Waals surface area contributed by atoms with Crippen LogP contribution in [0.4, 0.5) is 0 Å². The molecule has 4 atom stereocenters. The molecule has 52 heavy (non-hydrogen) atoms. The maximum Gasteiger partial charge on any atom is 0.255 e. The molecule has 0 radical (unpaired) electrons. The highest BCUT2D eigenvalue weighted by molar-refractivity contribution is 6.00. The number of carbonyl (C=O) groups excluding carboxylic acids is 4.